The Balaban J connectivity index is 1.53. The maximum atomic E-state index is 6.38. The van der Waals surface area contributed by atoms with E-state index in [-0.39, 0.29) is 12.1 Å². The zero-order chi connectivity index (χ0) is 22.1. The fraction of sp³-hybridized carbons (Fsp3) is 0.154. The van der Waals surface area contributed by atoms with E-state index in [0.717, 1.165) is 27.1 Å². The highest BCUT2D eigenvalue weighted by Gasteiger charge is 2.42. The molecule has 1 saturated heterocycles. The molecule has 0 amide bonds. The third-order valence-electron chi connectivity index (χ3n) is 5.51. The number of nitrogens with one attached hydrogen (secondary N) is 1. The Labute approximate surface area is 197 Å². The number of anilines is 1. The number of hydrogen-bond donors (Lipinski definition) is 1. The zero-order valence-electron chi connectivity index (χ0n) is 17.9. The Hall–Kier alpha value is -3.09. The number of aryl methyl sites for hydroxylation is 2. The average molecular weight is 458 g/mol. The predicted molar refractivity (Wildman–Crippen MR) is 133 cm³/mol. The summed E-state index contributed by atoms with van der Waals surface area (Å²) < 4.78 is 6.38. The second-order valence-electron chi connectivity index (χ2n) is 7.91. The molecule has 160 valence electrons. The monoisotopic (exact) mass is 457 g/mol. The number of thiocarbonyl (C=S) groups is 1. The van der Waals surface area contributed by atoms with E-state index in [4.69, 9.17) is 16.6 Å². The second kappa shape index (κ2) is 8.81. The lowest BCUT2D eigenvalue weighted by molar-refractivity contribution is 0.383. The van der Waals surface area contributed by atoms with Gasteiger partial charge in [-0.05, 0) is 80.2 Å². The fourth-order valence-electron chi connectivity index (χ4n) is 3.97. The topological polar surface area (TPSA) is 41.3 Å². The first-order chi connectivity index (χ1) is 15.6. The van der Waals surface area contributed by atoms with Crippen molar-refractivity contribution in [1.29, 1.82) is 0 Å². The summed E-state index contributed by atoms with van der Waals surface area (Å²) in [5.74, 6) is 0.851. The molecule has 6 heteroatoms. The standard InChI is InChI=1S/C26H23N3OS2/c1-17-9-11-20(12-10-17)32-23-14-13-22(30-23)25-24(21-8-3-4-15-27-21)28-26(31)29(25)19-7-5-6-18(2)16-19/h3-16,24-25H,1-2H3,(H,28,31)/t24-,25-/m1/s1. The molecule has 4 aromatic rings. The minimum Gasteiger partial charge on any atom is -0.452 e. The molecule has 0 spiro atoms. The van der Waals surface area contributed by atoms with Gasteiger partial charge < -0.3 is 14.6 Å². The molecule has 1 aliphatic rings. The number of hydrogen-bond acceptors (Lipinski definition) is 4. The summed E-state index contributed by atoms with van der Waals surface area (Å²) in [6.45, 7) is 4.18. The van der Waals surface area contributed by atoms with Crippen LogP contribution in [0.1, 0.15) is 34.7 Å². The number of pyridine rings is 1. The highest BCUT2D eigenvalue weighted by Crippen LogP contribution is 2.43. The highest BCUT2D eigenvalue weighted by molar-refractivity contribution is 7.99. The Morgan fingerprint density at radius 2 is 1.78 bits per heavy atom. The molecular weight excluding hydrogens is 434 g/mol. The quantitative estimate of drug-likeness (QED) is 0.340. The molecule has 0 radical (unpaired) electrons. The summed E-state index contributed by atoms with van der Waals surface area (Å²) >= 11 is 7.40. The summed E-state index contributed by atoms with van der Waals surface area (Å²) in [6.07, 6.45) is 1.81. The molecular formula is C26H23N3OS2. The van der Waals surface area contributed by atoms with Gasteiger partial charge in [0.2, 0.25) is 0 Å². The average Bonchev–Trinajstić information content (AvgIpc) is 3.40. The van der Waals surface area contributed by atoms with Gasteiger partial charge in [-0.25, -0.2) is 0 Å². The molecule has 1 N–H and O–H groups in total. The minimum atomic E-state index is -0.147. The number of benzene rings is 2. The van der Waals surface area contributed by atoms with Crippen LogP contribution in [0.15, 0.2) is 99.5 Å². The first-order valence-electron chi connectivity index (χ1n) is 10.5. The Bertz CT molecular complexity index is 1240. The smallest absolute Gasteiger partial charge is 0.174 e. The molecule has 2 aromatic carbocycles. The largest absolute Gasteiger partial charge is 0.452 e. The molecule has 32 heavy (non-hydrogen) atoms. The Kier molecular flexibility index (Phi) is 5.72. The number of nitrogens with zero attached hydrogens (tertiary/aromatic N) is 2. The van der Waals surface area contributed by atoms with E-state index in [1.54, 1.807) is 11.8 Å². The SMILES string of the molecule is Cc1ccc(Sc2ccc([C@@H]3[C@@H](c4ccccn4)NC(=S)N3c3cccc(C)c3)o2)cc1. The Morgan fingerprint density at radius 3 is 2.53 bits per heavy atom. The lowest BCUT2D eigenvalue weighted by atomic mass is 10.0. The second-order valence-corrected chi connectivity index (χ2v) is 9.37. The summed E-state index contributed by atoms with van der Waals surface area (Å²) in [4.78, 5) is 7.89. The number of furan rings is 1. The predicted octanol–water partition coefficient (Wildman–Crippen LogP) is 6.62. The van der Waals surface area contributed by atoms with E-state index < -0.39 is 0 Å². The summed E-state index contributed by atoms with van der Waals surface area (Å²) in [5, 5.41) is 5.00. The lowest BCUT2D eigenvalue weighted by Crippen LogP contribution is -2.29. The molecule has 0 saturated carbocycles. The van der Waals surface area contributed by atoms with Gasteiger partial charge >= 0.3 is 0 Å². The third kappa shape index (κ3) is 4.16. The maximum absolute atomic E-state index is 6.38. The van der Waals surface area contributed by atoms with Crippen molar-refractivity contribution in [3.05, 3.63) is 108 Å². The van der Waals surface area contributed by atoms with Gasteiger partial charge in [0.1, 0.15) is 11.8 Å². The van der Waals surface area contributed by atoms with Crippen LogP contribution in [0.5, 0.6) is 0 Å². The van der Waals surface area contributed by atoms with Crippen molar-refractivity contribution in [1.82, 2.24) is 10.3 Å². The van der Waals surface area contributed by atoms with Gasteiger partial charge in [-0.1, -0.05) is 47.7 Å². The van der Waals surface area contributed by atoms with Gasteiger partial charge in [0.25, 0.3) is 0 Å². The molecule has 5 rings (SSSR count). The van der Waals surface area contributed by atoms with Gasteiger partial charge in [0, 0.05) is 16.8 Å². The van der Waals surface area contributed by atoms with E-state index in [1.807, 2.05) is 30.5 Å². The first kappa shape index (κ1) is 20.8. The van der Waals surface area contributed by atoms with Gasteiger partial charge in [0.05, 0.1) is 11.7 Å². The normalized spacial score (nSPS) is 18.1. The van der Waals surface area contributed by atoms with Crippen LogP contribution in [0, 0.1) is 13.8 Å². The van der Waals surface area contributed by atoms with Crippen molar-refractivity contribution in [2.24, 2.45) is 0 Å². The van der Waals surface area contributed by atoms with Crippen molar-refractivity contribution in [2.45, 2.75) is 35.9 Å². The van der Waals surface area contributed by atoms with Gasteiger partial charge in [-0.15, -0.1) is 0 Å². The van der Waals surface area contributed by atoms with E-state index in [0.29, 0.717) is 5.11 Å². The molecule has 0 bridgehead atoms. The fourth-order valence-corrected chi connectivity index (χ4v) is 5.09. The van der Waals surface area contributed by atoms with Crippen LogP contribution < -0.4 is 10.2 Å². The van der Waals surface area contributed by atoms with Crippen molar-refractivity contribution in [3.63, 3.8) is 0 Å². The van der Waals surface area contributed by atoms with Gasteiger partial charge in [-0.2, -0.15) is 0 Å². The number of aromatic nitrogens is 1. The van der Waals surface area contributed by atoms with Crippen LogP contribution in [0.2, 0.25) is 0 Å². The van der Waals surface area contributed by atoms with Crippen molar-refractivity contribution >= 4 is 34.8 Å². The molecule has 0 unspecified atom stereocenters. The molecule has 3 heterocycles. The van der Waals surface area contributed by atoms with Crippen LogP contribution in [0.25, 0.3) is 0 Å². The van der Waals surface area contributed by atoms with Crippen LogP contribution >= 0.6 is 24.0 Å². The van der Waals surface area contributed by atoms with Crippen molar-refractivity contribution in [2.75, 3.05) is 4.90 Å². The summed E-state index contributed by atoms with van der Waals surface area (Å²) in [5.41, 5.74) is 4.39. The molecule has 2 aromatic heterocycles. The van der Waals surface area contributed by atoms with Crippen LogP contribution in [-0.2, 0) is 0 Å². The van der Waals surface area contributed by atoms with E-state index in [9.17, 15) is 0 Å². The first-order valence-corrected chi connectivity index (χ1v) is 11.7. The molecule has 2 atom stereocenters. The Morgan fingerprint density at radius 1 is 0.938 bits per heavy atom. The van der Waals surface area contributed by atoms with Crippen LogP contribution in [0.3, 0.4) is 0 Å². The van der Waals surface area contributed by atoms with Crippen molar-refractivity contribution in [3.8, 4) is 0 Å². The van der Waals surface area contributed by atoms with Crippen LogP contribution in [0.4, 0.5) is 5.69 Å². The molecule has 1 aliphatic heterocycles. The molecule has 4 nitrogen and oxygen atoms in total. The molecule has 1 fully saturated rings. The van der Waals surface area contributed by atoms with E-state index in [1.165, 1.54) is 11.1 Å². The van der Waals surface area contributed by atoms with E-state index in [2.05, 4.69) is 83.6 Å². The van der Waals surface area contributed by atoms with Gasteiger partial charge in [-0.3, -0.25) is 4.98 Å². The lowest BCUT2D eigenvalue weighted by Gasteiger charge is -2.26. The van der Waals surface area contributed by atoms with Crippen molar-refractivity contribution < 1.29 is 4.42 Å². The van der Waals surface area contributed by atoms with E-state index >= 15 is 0 Å². The minimum absolute atomic E-state index is 0.118. The summed E-state index contributed by atoms with van der Waals surface area (Å²) in [7, 11) is 0. The summed E-state index contributed by atoms with van der Waals surface area (Å²) in [6, 6.07) is 26.6. The number of rotatable bonds is 5. The van der Waals surface area contributed by atoms with Crippen LogP contribution in [-0.4, -0.2) is 10.1 Å². The zero-order valence-corrected chi connectivity index (χ0v) is 19.5. The highest BCUT2D eigenvalue weighted by atomic mass is 32.2. The van der Waals surface area contributed by atoms with Gasteiger partial charge in [0.15, 0.2) is 10.2 Å². The third-order valence-corrected chi connectivity index (χ3v) is 6.75. The molecule has 0 aliphatic carbocycles. The maximum Gasteiger partial charge on any atom is 0.174 e.